The zero-order valence-corrected chi connectivity index (χ0v) is 15.2. The molecule has 0 amide bonds. The van der Waals surface area contributed by atoms with E-state index in [0.717, 1.165) is 17.7 Å². The summed E-state index contributed by atoms with van der Waals surface area (Å²) in [7, 11) is 0. The van der Waals surface area contributed by atoms with Gasteiger partial charge in [-0.1, -0.05) is 35.3 Å². The Morgan fingerprint density at radius 2 is 1.85 bits per heavy atom. The first-order valence-electron chi connectivity index (χ1n) is 7.91. The zero-order valence-electron chi connectivity index (χ0n) is 13.7. The molecule has 0 aliphatic carbocycles. The number of benzene rings is 2. The molecule has 0 aliphatic rings. The minimum Gasteiger partial charge on any atom is -0.370 e. The Bertz CT molecular complexity index is 953. The average Bonchev–Trinajstić information content (AvgIpc) is 2.64. The highest BCUT2D eigenvalue weighted by atomic mass is 35.5. The van der Waals surface area contributed by atoms with Crippen LogP contribution in [0.4, 0.5) is 17.3 Å². The Labute approximate surface area is 161 Å². The van der Waals surface area contributed by atoms with Crippen molar-refractivity contribution in [2.24, 2.45) is 0 Å². The number of hydrogen-bond donors (Lipinski definition) is 2. The Balaban J connectivity index is 1.61. The van der Waals surface area contributed by atoms with Crippen molar-refractivity contribution < 1.29 is 0 Å². The van der Waals surface area contributed by atoms with E-state index in [1.54, 1.807) is 18.2 Å². The first kappa shape index (κ1) is 18.0. The van der Waals surface area contributed by atoms with Crippen LogP contribution in [0.15, 0.2) is 54.9 Å². The molecule has 2 aromatic carbocycles. The Hall–Kier alpha value is -2.81. The topological polar surface area (TPSA) is 73.6 Å². The molecule has 0 unspecified atom stereocenters. The molecule has 0 saturated heterocycles. The molecule has 1 aromatic heterocycles. The van der Waals surface area contributed by atoms with Gasteiger partial charge in [0.15, 0.2) is 0 Å². The molecule has 3 rings (SSSR count). The van der Waals surface area contributed by atoms with Gasteiger partial charge in [0.1, 0.15) is 18.0 Å². The second-order valence-corrected chi connectivity index (χ2v) is 6.36. The maximum absolute atomic E-state index is 8.97. The fourth-order valence-electron chi connectivity index (χ4n) is 2.39. The van der Waals surface area contributed by atoms with Crippen molar-refractivity contribution in [1.82, 2.24) is 9.97 Å². The molecule has 0 radical (unpaired) electrons. The summed E-state index contributed by atoms with van der Waals surface area (Å²) in [5.74, 6) is 1.34. The number of rotatable bonds is 6. The van der Waals surface area contributed by atoms with E-state index in [0.29, 0.717) is 33.8 Å². The fourth-order valence-corrected chi connectivity index (χ4v) is 2.89. The predicted octanol–water partition coefficient (Wildman–Crippen LogP) is 5.05. The van der Waals surface area contributed by atoms with Crippen molar-refractivity contribution in [3.8, 4) is 6.07 Å². The zero-order chi connectivity index (χ0) is 18.4. The Morgan fingerprint density at radius 1 is 1.00 bits per heavy atom. The highest BCUT2D eigenvalue weighted by Gasteiger charge is 2.03. The smallest absolute Gasteiger partial charge is 0.135 e. The van der Waals surface area contributed by atoms with Gasteiger partial charge in [0.2, 0.25) is 0 Å². The molecule has 0 spiro atoms. The van der Waals surface area contributed by atoms with Crippen molar-refractivity contribution in [1.29, 1.82) is 5.26 Å². The van der Waals surface area contributed by atoms with E-state index in [4.69, 9.17) is 28.5 Å². The average molecular weight is 384 g/mol. The van der Waals surface area contributed by atoms with Crippen molar-refractivity contribution >= 4 is 40.5 Å². The van der Waals surface area contributed by atoms with E-state index in [1.165, 1.54) is 6.33 Å². The van der Waals surface area contributed by atoms with Gasteiger partial charge in [-0.15, -0.1) is 0 Å². The molecule has 2 N–H and O–H groups in total. The second kappa shape index (κ2) is 8.52. The van der Waals surface area contributed by atoms with Gasteiger partial charge in [-0.25, -0.2) is 9.97 Å². The van der Waals surface area contributed by atoms with Crippen LogP contribution in [0.5, 0.6) is 0 Å². The van der Waals surface area contributed by atoms with Crippen LogP contribution in [0.2, 0.25) is 10.0 Å². The van der Waals surface area contributed by atoms with Crippen LogP contribution in [-0.2, 0) is 6.42 Å². The van der Waals surface area contributed by atoms with Crippen LogP contribution < -0.4 is 10.6 Å². The highest BCUT2D eigenvalue weighted by Crippen LogP contribution is 2.22. The maximum Gasteiger partial charge on any atom is 0.135 e. The first-order valence-corrected chi connectivity index (χ1v) is 8.66. The van der Waals surface area contributed by atoms with Crippen LogP contribution in [0, 0.1) is 11.3 Å². The third-order valence-electron chi connectivity index (χ3n) is 3.65. The largest absolute Gasteiger partial charge is 0.370 e. The molecule has 1 heterocycles. The van der Waals surface area contributed by atoms with Crippen molar-refractivity contribution in [2.45, 2.75) is 6.42 Å². The minimum atomic E-state index is 0.585. The molecule has 0 aliphatic heterocycles. The number of nitriles is 1. The summed E-state index contributed by atoms with van der Waals surface area (Å²) in [4.78, 5) is 8.41. The van der Waals surface area contributed by atoms with Crippen molar-refractivity contribution in [2.75, 3.05) is 17.2 Å². The lowest BCUT2D eigenvalue weighted by molar-refractivity contribution is 1.000. The Morgan fingerprint density at radius 3 is 2.65 bits per heavy atom. The monoisotopic (exact) mass is 383 g/mol. The molecular formula is C19H15Cl2N5. The van der Waals surface area contributed by atoms with Crippen LogP contribution in [0.1, 0.15) is 11.1 Å². The minimum absolute atomic E-state index is 0.585. The lowest BCUT2D eigenvalue weighted by atomic mass is 10.1. The molecule has 0 bridgehead atoms. The van der Waals surface area contributed by atoms with E-state index in [2.05, 4.69) is 26.7 Å². The number of anilines is 3. The molecule has 130 valence electrons. The molecule has 7 heteroatoms. The lowest BCUT2D eigenvalue weighted by Crippen LogP contribution is -2.07. The third-order valence-corrected chi connectivity index (χ3v) is 4.23. The van der Waals surface area contributed by atoms with Crippen molar-refractivity contribution in [3.05, 3.63) is 76.0 Å². The van der Waals surface area contributed by atoms with Gasteiger partial charge in [0.05, 0.1) is 11.6 Å². The van der Waals surface area contributed by atoms with Gasteiger partial charge in [-0.05, 0) is 42.3 Å². The van der Waals surface area contributed by atoms with E-state index in [9.17, 15) is 0 Å². The quantitative estimate of drug-likeness (QED) is 0.622. The van der Waals surface area contributed by atoms with E-state index in [1.807, 2.05) is 30.3 Å². The number of halogens is 2. The Kier molecular flexibility index (Phi) is 5.90. The fraction of sp³-hybridized carbons (Fsp3) is 0.105. The van der Waals surface area contributed by atoms with Crippen LogP contribution in [0.25, 0.3) is 0 Å². The normalized spacial score (nSPS) is 10.2. The van der Waals surface area contributed by atoms with Crippen LogP contribution in [-0.4, -0.2) is 16.5 Å². The molecule has 0 saturated carbocycles. The van der Waals surface area contributed by atoms with Gasteiger partial charge < -0.3 is 10.6 Å². The predicted molar refractivity (Wildman–Crippen MR) is 105 cm³/mol. The second-order valence-electron chi connectivity index (χ2n) is 5.52. The van der Waals surface area contributed by atoms with E-state index >= 15 is 0 Å². The molecular weight excluding hydrogens is 369 g/mol. The summed E-state index contributed by atoms with van der Waals surface area (Å²) in [6.07, 6.45) is 2.22. The summed E-state index contributed by atoms with van der Waals surface area (Å²) in [5, 5.41) is 16.7. The van der Waals surface area contributed by atoms with Gasteiger partial charge in [0, 0.05) is 28.3 Å². The number of nitrogens with zero attached hydrogens (tertiary/aromatic N) is 3. The molecule has 3 aromatic rings. The number of hydrogen-bond acceptors (Lipinski definition) is 5. The standard InChI is InChI=1S/C19H15Cl2N5/c20-15-5-4-14(17(21)9-15)6-7-23-18-10-19(25-12-24-18)26-16-3-1-2-13(8-16)11-22/h1-5,8-10,12H,6-7H2,(H2,23,24,25,26). The van der Waals surface area contributed by atoms with Crippen molar-refractivity contribution in [3.63, 3.8) is 0 Å². The van der Waals surface area contributed by atoms with Crippen LogP contribution >= 0.6 is 23.2 Å². The molecule has 0 fully saturated rings. The van der Waals surface area contributed by atoms with Gasteiger partial charge in [0.25, 0.3) is 0 Å². The number of aromatic nitrogens is 2. The first-order chi connectivity index (χ1) is 12.6. The highest BCUT2D eigenvalue weighted by molar-refractivity contribution is 6.35. The number of nitrogens with one attached hydrogen (secondary N) is 2. The summed E-state index contributed by atoms with van der Waals surface area (Å²) >= 11 is 12.1. The summed E-state index contributed by atoms with van der Waals surface area (Å²) < 4.78 is 0. The van der Waals surface area contributed by atoms with E-state index in [-0.39, 0.29) is 0 Å². The van der Waals surface area contributed by atoms with E-state index < -0.39 is 0 Å². The summed E-state index contributed by atoms with van der Waals surface area (Å²) in [5.41, 5.74) is 2.40. The molecule has 26 heavy (non-hydrogen) atoms. The molecule has 0 atom stereocenters. The maximum atomic E-state index is 8.97. The van der Waals surface area contributed by atoms with Crippen LogP contribution in [0.3, 0.4) is 0 Å². The van der Waals surface area contributed by atoms with Gasteiger partial charge >= 0.3 is 0 Å². The summed E-state index contributed by atoms with van der Waals surface area (Å²) in [6.45, 7) is 0.668. The van der Waals surface area contributed by atoms with Gasteiger partial charge in [-0.3, -0.25) is 0 Å². The molecule has 5 nitrogen and oxygen atoms in total. The third kappa shape index (κ3) is 4.85. The lowest BCUT2D eigenvalue weighted by Gasteiger charge is -2.09. The van der Waals surface area contributed by atoms with Gasteiger partial charge in [-0.2, -0.15) is 5.26 Å². The SMILES string of the molecule is N#Cc1cccc(Nc2cc(NCCc3ccc(Cl)cc3Cl)ncn2)c1. The summed E-state index contributed by atoms with van der Waals surface area (Å²) in [6, 6.07) is 16.6.